The maximum atomic E-state index is 12.4. The minimum absolute atomic E-state index is 0.247. The normalized spacial score (nSPS) is 13.9. The molecule has 0 aliphatic rings. The van der Waals surface area contributed by atoms with E-state index in [-0.39, 0.29) is 10.8 Å². The predicted octanol–water partition coefficient (Wildman–Crippen LogP) is 7.82. The molecular formula is C33H48O5. The molecule has 0 aromatic heterocycles. The van der Waals surface area contributed by atoms with Gasteiger partial charge in [0, 0.05) is 0 Å². The molecule has 2 aromatic carbocycles. The summed E-state index contributed by atoms with van der Waals surface area (Å²) < 4.78 is 0. The number of carbonyl (C=O) groups is 2. The highest BCUT2D eigenvalue weighted by molar-refractivity contribution is 5.84. The van der Waals surface area contributed by atoms with Gasteiger partial charge in [0.15, 0.2) is 0 Å². The average Bonchev–Trinajstić information content (AvgIpc) is 2.69. The maximum Gasteiger partial charge on any atom is 0.311 e. The lowest BCUT2D eigenvalue weighted by atomic mass is 9.70. The summed E-state index contributed by atoms with van der Waals surface area (Å²) in [7, 11) is 0. The molecular weight excluding hydrogens is 476 g/mol. The van der Waals surface area contributed by atoms with Gasteiger partial charge >= 0.3 is 11.9 Å². The molecule has 210 valence electrons. The summed E-state index contributed by atoms with van der Waals surface area (Å²) in [4.78, 5) is 24.1. The van der Waals surface area contributed by atoms with Gasteiger partial charge in [-0.3, -0.25) is 9.59 Å². The van der Waals surface area contributed by atoms with Crippen LogP contribution in [-0.4, -0.2) is 27.3 Å². The lowest BCUT2D eigenvalue weighted by molar-refractivity contribution is -0.145. The van der Waals surface area contributed by atoms with Crippen LogP contribution >= 0.6 is 0 Å². The summed E-state index contributed by atoms with van der Waals surface area (Å²) in [5.74, 6) is -3.06. The minimum atomic E-state index is -1.14. The zero-order valence-corrected chi connectivity index (χ0v) is 25.5. The third kappa shape index (κ3) is 7.18. The first-order valence-electron chi connectivity index (χ1n) is 13.4. The molecule has 0 amide bonds. The third-order valence-corrected chi connectivity index (χ3v) is 7.08. The summed E-state index contributed by atoms with van der Waals surface area (Å²) in [6.45, 7) is 24.8. The van der Waals surface area contributed by atoms with Gasteiger partial charge in [0.25, 0.3) is 0 Å². The van der Waals surface area contributed by atoms with Crippen LogP contribution in [-0.2, 0) is 37.7 Å². The highest BCUT2D eigenvalue weighted by Crippen LogP contribution is 2.43. The standard InChI is InChI=1S/C33H48O5/c1-30(2,3)22-14-19(15-23(31(4,5)6)27(22)21(29(37)38)18-26(34)35)13-20-16-24(32(7,8)9)28(36)25(17-20)33(10,11)12/h14-17,21,36H,13,18H2,1-12H3,(H,34,35)(H,37,38). The van der Waals surface area contributed by atoms with Crippen LogP contribution in [0.2, 0.25) is 0 Å². The summed E-state index contributed by atoms with van der Waals surface area (Å²) in [5, 5.41) is 30.8. The lowest BCUT2D eigenvalue weighted by Crippen LogP contribution is -2.27. The van der Waals surface area contributed by atoms with Crippen molar-refractivity contribution >= 4 is 11.9 Å². The highest BCUT2D eigenvalue weighted by Gasteiger charge is 2.35. The fourth-order valence-corrected chi connectivity index (χ4v) is 5.09. The molecule has 0 heterocycles. The fourth-order valence-electron chi connectivity index (χ4n) is 5.09. The van der Waals surface area contributed by atoms with E-state index in [4.69, 9.17) is 0 Å². The molecule has 0 spiro atoms. The number of carboxylic acids is 2. The molecule has 2 aromatic rings. The number of carboxylic acid groups (broad SMARTS) is 2. The van der Waals surface area contributed by atoms with Gasteiger partial charge < -0.3 is 15.3 Å². The number of aliphatic carboxylic acids is 2. The Bertz CT molecular complexity index is 1140. The van der Waals surface area contributed by atoms with Gasteiger partial charge in [-0.15, -0.1) is 0 Å². The van der Waals surface area contributed by atoms with E-state index in [1.165, 1.54) is 0 Å². The van der Waals surface area contributed by atoms with E-state index in [0.29, 0.717) is 17.7 Å². The molecule has 0 fully saturated rings. The zero-order chi connectivity index (χ0) is 29.6. The molecule has 5 nitrogen and oxygen atoms in total. The van der Waals surface area contributed by atoms with E-state index >= 15 is 0 Å². The first kappa shape index (κ1) is 31.4. The number of aromatic hydroxyl groups is 1. The van der Waals surface area contributed by atoms with Crippen LogP contribution in [0.25, 0.3) is 0 Å². The minimum Gasteiger partial charge on any atom is -0.507 e. The average molecular weight is 525 g/mol. The Morgan fingerprint density at radius 2 is 0.947 bits per heavy atom. The molecule has 0 radical (unpaired) electrons. The van der Waals surface area contributed by atoms with Crippen molar-refractivity contribution < 1.29 is 24.9 Å². The fraction of sp³-hybridized carbons (Fsp3) is 0.576. The van der Waals surface area contributed by atoms with Crippen molar-refractivity contribution in [3.8, 4) is 5.75 Å². The summed E-state index contributed by atoms with van der Waals surface area (Å²) in [6.07, 6.45) is 0.137. The van der Waals surface area contributed by atoms with E-state index in [2.05, 4.69) is 65.8 Å². The Kier molecular flexibility index (Phi) is 8.58. The van der Waals surface area contributed by atoms with Crippen LogP contribution in [0.1, 0.15) is 134 Å². The molecule has 1 unspecified atom stereocenters. The molecule has 0 saturated carbocycles. The van der Waals surface area contributed by atoms with Gasteiger partial charge in [-0.25, -0.2) is 0 Å². The first-order chi connectivity index (χ1) is 16.9. The summed E-state index contributed by atoms with van der Waals surface area (Å²) in [6, 6.07) is 8.28. The van der Waals surface area contributed by atoms with Crippen LogP contribution in [0, 0.1) is 0 Å². The topological polar surface area (TPSA) is 94.8 Å². The molecule has 38 heavy (non-hydrogen) atoms. The molecule has 0 aliphatic carbocycles. The van der Waals surface area contributed by atoms with E-state index in [1.807, 2.05) is 41.5 Å². The molecule has 5 heteroatoms. The maximum absolute atomic E-state index is 12.4. The highest BCUT2D eigenvalue weighted by atomic mass is 16.4. The van der Waals surface area contributed by atoms with Crippen LogP contribution in [0.5, 0.6) is 5.75 Å². The van der Waals surface area contributed by atoms with Crippen LogP contribution < -0.4 is 0 Å². The van der Waals surface area contributed by atoms with Crippen molar-refractivity contribution in [3.05, 3.63) is 63.2 Å². The predicted molar refractivity (Wildman–Crippen MR) is 155 cm³/mol. The van der Waals surface area contributed by atoms with Crippen molar-refractivity contribution in [1.82, 2.24) is 0 Å². The molecule has 1 atom stereocenters. The molecule has 3 N–H and O–H groups in total. The Hall–Kier alpha value is -2.82. The number of phenolic OH excluding ortho intramolecular Hbond substituents is 1. The smallest absolute Gasteiger partial charge is 0.311 e. The quantitative estimate of drug-likeness (QED) is 0.358. The van der Waals surface area contributed by atoms with E-state index < -0.39 is 35.1 Å². The second-order valence-corrected chi connectivity index (χ2v) is 14.8. The number of benzene rings is 2. The third-order valence-electron chi connectivity index (χ3n) is 7.08. The monoisotopic (exact) mass is 524 g/mol. The molecule has 0 bridgehead atoms. The van der Waals surface area contributed by atoms with Gasteiger partial charge in [0.2, 0.25) is 0 Å². The summed E-state index contributed by atoms with van der Waals surface area (Å²) in [5.41, 5.74) is 4.94. The van der Waals surface area contributed by atoms with E-state index in [1.54, 1.807) is 0 Å². The van der Waals surface area contributed by atoms with Crippen molar-refractivity contribution in [2.75, 3.05) is 0 Å². The van der Waals surface area contributed by atoms with Gasteiger partial charge in [0.1, 0.15) is 5.75 Å². The van der Waals surface area contributed by atoms with Gasteiger partial charge in [0.05, 0.1) is 12.3 Å². The van der Waals surface area contributed by atoms with Gasteiger partial charge in [-0.1, -0.05) is 107 Å². The Morgan fingerprint density at radius 1 is 0.632 bits per heavy atom. The van der Waals surface area contributed by atoms with Gasteiger partial charge in [-0.2, -0.15) is 0 Å². The summed E-state index contributed by atoms with van der Waals surface area (Å²) >= 11 is 0. The van der Waals surface area contributed by atoms with Crippen LogP contribution in [0.4, 0.5) is 0 Å². The number of hydrogen-bond donors (Lipinski definition) is 3. The SMILES string of the molecule is CC(C)(C)c1cc(Cc2cc(C(C)(C)C)c(C(CC(=O)O)C(=O)O)c(C(C)(C)C)c2)cc(C(C)(C)C)c1O. The molecule has 0 saturated heterocycles. The Balaban J connectivity index is 2.91. The molecule has 2 rings (SSSR count). The van der Waals surface area contributed by atoms with Crippen LogP contribution in [0.3, 0.4) is 0 Å². The van der Waals surface area contributed by atoms with Crippen molar-refractivity contribution in [2.24, 2.45) is 0 Å². The van der Waals surface area contributed by atoms with Crippen LogP contribution in [0.15, 0.2) is 24.3 Å². The largest absolute Gasteiger partial charge is 0.507 e. The number of rotatable bonds is 6. The number of hydrogen-bond acceptors (Lipinski definition) is 3. The van der Waals surface area contributed by atoms with E-state index in [9.17, 15) is 24.9 Å². The lowest BCUT2D eigenvalue weighted by Gasteiger charge is -2.33. The zero-order valence-electron chi connectivity index (χ0n) is 25.5. The second kappa shape index (κ2) is 10.4. The first-order valence-corrected chi connectivity index (χ1v) is 13.4. The molecule has 0 aliphatic heterocycles. The van der Waals surface area contributed by atoms with Crippen molar-refractivity contribution in [2.45, 2.75) is 124 Å². The van der Waals surface area contributed by atoms with Crippen molar-refractivity contribution in [3.63, 3.8) is 0 Å². The Labute approximate surface area is 229 Å². The van der Waals surface area contributed by atoms with E-state index in [0.717, 1.165) is 33.4 Å². The second-order valence-electron chi connectivity index (χ2n) is 14.8. The Morgan fingerprint density at radius 3 is 1.21 bits per heavy atom. The number of phenols is 1. The van der Waals surface area contributed by atoms with Crippen molar-refractivity contribution in [1.29, 1.82) is 0 Å². The van der Waals surface area contributed by atoms with Gasteiger partial charge in [-0.05, 0) is 67.0 Å².